The van der Waals surface area contributed by atoms with Gasteiger partial charge in [-0.05, 0) is 73.6 Å². The fourth-order valence-electron chi connectivity index (χ4n) is 6.93. The minimum atomic E-state index is -0.193. The third kappa shape index (κ3) is 5.68. The summed E-state index contributed by atoms with van der Waals surface area (Å²) in [6, 6.07) is 17.2. The summed E-state index contributed by atoms with van der Waals surface area (Å²) in [5, 5.41) is 0. The van der Waals surface area contributed by atoms with Gasteiger partial charge in [0.25, 0.3) is 0 Å². The van der Waals surface area contributed by atoms with Gasteiger partial charge in [-0.1, -0.05) is 73.9 Å². The van der Waals surface area contributed by atoms with Crippen molar-refractivity contribution in [2.45, 2.75) is 95.1 Å². The molecule has 5 rings (SSSR count). The van der Waals surface area contributed by atoms with Gasteiger partial charge in [0, 0.05) is 30.3 Å². The van der Waals surface area contributed by atoms with Gasteiger partial charge in [0.05, 0.1) is 0 Å². The maximum atomic E-state index is 13.4. The highest BCUT2D eigenvalue weighted by Crippen LogP contribution is 2.45. The van der Waals surface area contributed by atoms with E-state index in [9.17, 15) is 9.59 Å². The Labute approximate surface area is 222 Å². The Kier molecular flexibility index (Phi) is 8.43. The molecule has 2 saturated heterocycles. The van der Waals surface area contributed by atoms with Crippen LogP contribution in [0.2, 0.25) is 0 Å². The largest absolute Gasteiger partial charge is 0.448 e. The molecular weight excluding hydrogens is 458 g/mol. The van der Waals surface area contributed by atoms with Gasteiger partial charge < -0.3 is 9.64 Å². The van der Waals surface area contributed by atoms with E-state index in [1.807, 2.05) is 11.0 Å². The summed E-state index contributed by atoms with van der Waals surface area (Å²) < 4.78 is 6.03. The lowest BCUT2D eigenvalue weighted by atomic mass is 9.76. The Morgan fingerprint density at radius 2 is 1.46 bits per heavy atom. The molecule has 196 valence electrons. The number of ether oxygens (including phenoxy) is 1. The zero-order valence-corrected chi connectivity index (χ0v) is 22.1. The average molecular weight is 500 g/mol. The van der Waals surface area contributed by atoms with Gasteiger partial charge in [-0.3, -0.25) is 4.79 Å². The predicted octanol–water partition coefficient (Wildman–Crippen LogP) is 8.05. The van der Waals surface area contributed by atoms with Crippen molar-refractivity contribution in [1.29, 1.82) is 0 Å². The maximum Gasteiger partial charge on any atom is 0.410 e. The summed E-state index contributed by atoms with van der Waals surface area (Å²) >= 11 is 0. The van der Waals surface area contributed by atoms with Crippen molar-refractivity contribution in [2.24, 2.45) is 5.92 Å². The number of benzene rings is 2. The van der Waals surface area contributed by atoms with E-state index in [-0.39, 0.29) is 30.0 Å². The number of ketones is 1. The molecular formula is C33H41NO3. The van der Waals surface area contributed by atoms with Crippen molar-refractivity contribution in [3.05, 3.63) is 72.3 Å². The minimum Gasteiger partial charge on any atom is -0.448 e. The first kappa shape index (κ1) is 25.8. The molecule has 2 heterocycles. The number of carbonyl (C=O) groups is 2. The number of carbonyl (C=O) groups excluding carboxylic acids is 2. The molecule has 4 nitrogen and oxygen atoms in total. The molecule has 2 fully saturated rings. The molecule has 2 aromatic rings. The molecule has 2 unspecified atom stereocenters. The van der Waals surface area contributed by atoms with E-state index in [1.165, 1.54) is 41.5 Å². The molecule has 1 amide bonds. The standard InChI is InChI=1S/C33H41NO3/c1-2-3-4-5-6-7-8-20-32(35)24-21-25-14-13-15-26(22-24)34(25)33(36)37-23-31-29-18-11-9-16-27(29)28-17-10-12-19-30(28)31/h2,9-12,16-19,24-26,31H,1,3-8,13-15,20-23H2. The molecule has 4 heteroatoms. The lowest BCUT2D eigenvalue weighted by Gasteiger charge is -2.47. The highest BCUT2D eigenvalue weighted by atomic mass is 16.6. The molecule has 0 radical (unpaired) electrons. The normalized spacial score (nSPS) is 22.3. The summed E-state index contributed by atoms with van der Waals surface area (Å²) in [5.41, 5.74) is 4.96. The van der Waals surface area contributed by atoms with Crippen LogP contribution in [0.3, 0.4) is 0 Å². The second-order valence-corrected chi connectivity index (χ2v) is 11.2. The number of nitrogens with zero attached hydrogens (tertiary/aromatic N) is 1. The molecule has 0 spiro atoms. The summed E-state index contributed by atoms with van der Waals surface area (Å²) in [7, 11) is 0. The van der Waals surface area contributed by atoms with Gasteiger partial charge >= 0.3 is 6.09 Å². The fourth-order valence-corrected chi connectivity index (χ4v) is 6.93. The van der Waals surface area contributed by atoms with E-state index in [4.69, 9.17) is 4.74 Å². The Bertz CT molecular complexity index is 1050. The molecule has 2 bridgehead atoms. The topological polar surface area (TPSA) is 46.6 Å². The third-order valence-electron chi connectivity index (χ3n) is 8.81. The smallest absolute Gasteiger partial charge is 0.410 e. The lowest BCUT2D eigenvalue weighted by molar-refractivity contribution is -0.126. The van der Waals surface area contributed by atoms with Crippen LogP contribution in [-0.2, 0) is 9.53 Å². The molecule has 2 aromatic carbocycles. The van der Waals surface area contributed by atoms with Crippen LogP contribution in [-0.4, -0.2) is 35.5 Å². The van der Waals surface area contributed by atoms with Gasteiger partial charge in [-0.25, -0.2) is 4.79 Å². The van der Waals surface area contributed by atoms with E-state index in [2.05, 4.69) is 55.1 Å². The molecule has 0 N–H and O–H groups in total. The van der Waals surface area contributed by atoms with Crippen molar-refractivity contribution < 1.29 is 14.3 Å². The van der Waals surface area contributed by atoms with E-state index < -0.39 is 0 Å². The van der Waals surface area contributed by atoms with Crippen molar-refractivity contribution in [3.8, 4) is 11.1 Å². The van der Waals surface area contributed by atoms with Gasteiger partial charge in [0.1, 0.15) is 12.4 Å². The molecule has 37 heavy (non-hydrogen) atoms. The number of unbranched alkanes of at least 4 members (excludes halogenated alkanes) is 5. The van der Waals surface area contributed by atoms with Crippen molar-refractivity contribution in [3.63, 3.8) is 0 Å². The highest BCUT2D eigenvalue weighted by molar-refractivity contribution is 5.82. The van der Waals surface area contributed by atoms with Gasteiger partial charge in [-0.2, -0.15) is 0 Å². The van der Waals surface area contributed by atoms with Crippen LogP contribution in [0.15, 0.2) is 61.2 Å². The van der Waals surface area contributed by atoms with Crippen LogP contribution in [0.5, 0.6) is 0 Å². The third-order valence-corrected chi connectivity index (χ3v) is 8.81. The summed E-state index contributed by atoms with van der Waals surface area (Å²) in [5.74, 6) is 0.593. The number of piperidine rings is 2. The highest BCUT2D eigenvalue weighted by Gasteiger charge is 2.43. The van der Waals surface area contributed by atoms with Crippen LogP contribution < -0.4 is 0 Å². The van der Waals surface area contributed by atoms with Gasteiger partial charge in [0.15, 0.2) is 0 Å². The van der Waals surface area contributed by atoms with E-state index >= 15 is 0 Å². The average Bonchev–Trinajstić information content (AvgIpc) is 3.24. The lowest BCUT2D eigenvalue weighted by Crippen LogP contribution is -2.55. The SMILES string of the molecule is C=CCCCCCCCC(=O)C1CC2CCCC(C1)N2C(=O)OCC1c2ccccc2-c2ccccc21. The van der Waals surface area contributed by atoms with Crippen LogP contribution in [0.1, 0.15) is 94.1 Å². The second-order valence-electron chi connectivity index (χ2n) is 11.2. The second kappa shape index (κ2) is 12.1. The fraction of sp³-hybridized carbons (Fsp3) is 0.515. The Balaban J connectivity index is 1.15. The Morgan fingerprint density at radius 1 is 0.865 bits per heavy atom. The molecule has 2 atom stereocenters. The Hall–Kier alpha value is -2.88. The van der Waals surface area contributed by atoms with Gasteiger partial charge in [0.2, 0.25) is 0 Å². The number of hydrogen-bond donors (Lipinski definition) is 0. The van der Waals surface area contributed by atoms with E-state index in [1.54, 1.807) is 0 Å². The van der Waals surface area contributed by atoms with Crippen molar-refractivity contribution >= 4 is 11.9 Å². The van der Waals surface area contributed by atoms with E-state index in [0.717, 1.165) is 51.4 Å². The van der Waals surface area contributed by atoms with Crippen LogP contribution in [0, 0.1) is 5.92 Å². The van der Waals surface area contributed by atoms with Crippen LogP contribution >= 0.6 is 0 Å². The first-order valence-corrected chi connectivity index (χ1v) is 14.4. The number of hydrogen-bond acceptors (Lipinski definition) is 3. The van der Waals surface area contributed by atoms with Crippen LogP contribution in [0.25, 0.3) is 11.1 Å². The number of rotatable bonds is 11. The van der Waals surface area contributed by atoms with Crippen molar-refractivity contribution in [1.82, 2.24) is 4.90 Å². The zero-order valence-electron chi connectivity index (χ0n) is 22.1. The molecule has 1 aliphatic carbocycles. The molecule has 2 aliphatic heterocycles. The van der Waals surface area contributed by atoms with Gasteiger partial charge in [-0.15, -0.1) is 6.58 Å². The molecule has 0 aromatic heterocycles. The predicted molar refractivity (Wildman–Crippen MR) is 149 cm³/mol. The number of fused-ring (bicyclic) bond motifs is 5. The number of amides is 1. The minimum absolute atomic E-state index is 0.0760. The quantitative estimate of drug-likeness (QED) is 0.232. The summed E-state index contributed by atoms with van der Waals surface area (Å²) in [6.45, 7) is 4.14. The first-order chi connectivity index (χ1) is 18.2. The monoisotopic (exact) mass is 499 g/mol. The summed E-state index contributed by atoms with van der Waals surface area (Å²) in [6.07, 6.45) is 14.0. The van der Waals surface area contributed by atoms with E-state index in [0.29, 0.717) is 18.8 Å². The number of Topliss-reactive ketones (excluding diaryl/α,β-unsaturated/α-hetero) is 1. The first-order valence-electron chi connectivity index (χ1n) is 14.4. The molecule has 3 aliphatic rings. The Morgan fingerprint density at radius 3 is 2.11 bits per heavy atom. The van der Waals surface area contributed by atoms with Crippen LogP contribution in [0.4, 0.5) is 4.79 Å². The molecule has 0 saturated carbocycles. The van der Waals surface area contributed by atoms with Crippen molar-refractivity contribution in [2.75, 3.05) is 6.61 Å². The maximum absolute atomic E-state index is 13.4. The number of allylic oxidation sites excluding steroid dienone is 1. The zero-order chi connectivity index (χ0) is 25.6. The summed E-state index contributed by atoms with van der Waals surface area (Å²) in [4.78, 5) is 28.4.